The van der Waals surface area contributed by atoms with Gasteiger partial charge in [0.2, 0.25) is 5.95 Å². The molecule has 1 heterocycles. The molecule has 0 aliphatic heterocycles. The minimum atomic E-state index is -0.756. The van der Waals surface area contributed by atoms with Gasteiger partial charge in [0.05, 0.1) is 6.07 Å². The van der Waals surface area contributed by atoms with Gasteiger partial charge in [0, 0.05) is 11.8 Å². The standard InChI is InChI=1S/C7H3BrClFN2/c8-5(3-11)4-1-2-12-7(10)6(4)9/h1-2,5H. The van der Waals surface area contributed by atoms with E-state index in [1.807, 2.05) is 6.07 Å². The van der Waals surface area contributed by atoms with Crippen molar-refractivity contribution in [3.8, 4) is 6.07 Å². The summed E-state index contributed by atoms with van der Waals surface area (Å²) in [5.74, 6) is -0.756. The van der Waals surface area contributed by atoms with Crippen LogP contribution in [0.4, 0.5) is 4.39 Å². The van der Waals surface area contributed by atoms with Gasteiger partial charge in [-0.3, -0.25) is 0 Å². The maximum atomic E-state index is 12.7. The molecule has 0 amide bonds. The topological polar surface area (TPSA) is 36.7 Å². The lowest BCUT2D eigenvalue weighted by Crippen LogP contribution is -1.92. The highest BCUT2D eigenvalue weighted by atomic mass is 79.9. The minimum absolute atomic E-state index is 0.110. The second-order valence-electron chi connectivity index (χ2n) is 2.00. The van der Waals surface area contributed by atoms with Crippen molar-refractivity contribution in [3.63, 3.8) is 0 Å². The molecule has 2 nitrogen and oxygen atoms in total. The molecule has 1 rings (SSSR count). The Kier molecular flexibility index (Phi) is 3.01. The number of pyridine rings is 1. The number of hydrogen-bond donors (Lipinski definition) is 0. The van der Waals surface area contributed by atoms with Gasteiger partial charge in [-0.25, -0.2) is 4.98 Å². The molecule has 0 saturated carbocycles. The van der Waals surface area contributed by atoms with Gasteiger partial charge < -0.3 is 0 Å². The van der Waals surface area contributed by atoms with Gasteiger partial charge in [-0.1, -0.05) is 27.5 Å². The molecule has 0 spiro atoms. The van der Waals surface area contributed by atoms with Crippen LogP contribution in [0, 0.1) is 17.3 Å². The van der Waals surface area contributed by atoms with Gasteiger partial charge in [0.25, 0.3) is 0 Å². The molecule has 0 aliphatic carbocycles. The average molecular weight is 249 g/mol. The SMILES string of the molecule is N#CC(Br)c1ccnc(F)c1Cl. The highest BCUT2D eigenvalue weighted by Crippen LogP contribution is 2.29. The maximum Gasteiger partial charge on any atom is 0.231 e. The summed E-state index contributed by atoms with van der Waals surface area (Å²) < 4.78 is 12.7. The van der Waals surface area contributed by atoms with E-state index in [4.69, 9.17) is 16.9 Å². The molecule has 0 radical (unpaired) electrons. The van der Waals surface area contributed by atoms with Gasteiger partial charge in [-0.15, -0.1) is 0 Å². The van der Waals surface area contributed by atoms with Crippen LogP contribution in [0.5, 0.6) is 0 Å². The van der Waals surface area contributed by atoms with Gasteiger partial charge >= 0.3 is 0 Å². The Morgan fingerprint density at radius 2 is 2.42 bits per heavy atom. The minimum Gasteiger partial charge on any atom is -0.227 e. The number of nitrogens with zero attached hydrogens (tertiary/aromatic N) is 2. The quantitative estimate of drug-likeness (QED) is 0.567. The lowest BCUT2D eigenvalue weighted by Gasteiger charge is -2.02. The van der Waals surface area contributed by atoms with E-state index in [1.54, 1.807) is 0 Å². The molecule has 1 aromatic rings. The zero-order valence-corrected chi connectivity index (χ0v) is 8.10. The fraction of sp³-hybridized carbons (Fsp3) is 0.143. The Morgan fingerprint density at radius 1 is 1.75 bits per heavy atom. The molecule has 1 unspecified atom stereocenters. The van der Waals surface area contributed by atoms with E-state index in [9.17, 15) is 4.39 Å². The van der Waals surface area contributed by atoms with Crippen molar-refractivity contribution in [2.45, 2.75) is 4.83 Å². The molecule has 1 atom stereocenters. The summed E-state index contributed by atoms with van der Waals surface area (Å²) in [5.41, 5.74) is 0.395. The van der Waals surface area contributed by atoms with Crippen LogP contribution in [0.15, 0.2) is 12.3 Å². The molecule has 12 heavy (non-hydrogen) atoms. The molecule has 0 bridgehead atoms. The molecule has 1 aromatic heterocycles. The first-order valence-electron chi connectivity index (χ1n) is 3.00. The second kappa shape index (κ2) is 3.83. The fourth-order valence-corrected chi connectivity index (χ4v) is 1.43. The summed E-state index contributed by atoms with van der Waals surface area (Å²) in [6.07, 6.45) is 1.27. The van der Waals surface area contributed by atoms with Crippen LogP contribution < -0.4 is 0 Å². The number of halogens is 3. The van der Waals surface area contributed by atoms with Crippen molar-refractivity contribution in [1.82, 2.24) is 4.98 Å². The first-order chi connectivity index (χ1) is 5.66. The van der Waals surface area contributed by atoms with E-state index < -0.39 is 10.8 Å². The summed E-state index contributed by atoms with van der Waals surface area (Å²) in [5, 5.41) is 8.39. The van der Waals surface area contributed by atoms with Crippen LogP contribution in [-0.2, 0) is 0 Å². The molecular weight excluding hydrogens is 246 g/mol. The number of alkyl halides is 1. The third-order valence-electron chi connectivity index (χ3n) is 1.26. The van der Waals surface area contributed by atoms with Crippen LogP contribution in [0.25, 0.3) is 0 Å². The molecule has 62 valence electrons. The lowest BCUT2D eigenvalue weighted by atomic mass is 10.2. The van der Waals surface area contributed by atoms with E-state index >= 15 is 0 Å². The predicted molar refractivity (Wildman–Crippen MR) is 46.5 cm³/mol. The van der Waals surface area contributed by atoms with E-state index in [2.05, 4.69) is 20.9 Å². The fourth-order valence-electron chi connectivity index (χ4n) is 0.697. The van der Waals surface area contributed by atoms with E-state index in [1.165, 1.54) is 12.3 Å². The van der Waals surface area contributed by atoms with E-state index in [0.717, 1.165) is 0 Å². The first-order valence-corrected chi connectivity index (χ1v) is 4.29. The molecule has 0 aliphatic rings. The molecule has 0 fully saturated rings. The lowest BCUT2D eigenvalue weighted by molar-refractivity contribution is 0.582. The average Bonchev–Trinajstić information content (AvgIpc) is 2.08. The Balaban J connectivity index is 3.18. The molecular formula is C7H3BrClFN2. The van der Waals surface area contributed by atoms with Crippen molar-refractivity contribution in [2.75, 3.05) is 0 Å². The molecule has 5 heteroatoms. The Morgan fingerprint density at radius 3 is 3.00 bits per heavy atom. The third-order valence-corrected chi connectivity index (χ3v) is 2.34. The summed E-state index contributed by atoms with van der Waals surface area (Å²) in [6, 6.07) is 3.38. The monoisotopic (exact) mass is 248 g/mol. The van der Waals surface area contributed by atoms with E-state index in [0.29, 0.717) is 5.56 Å². The summed E-state index contributed by atoms with van der Waals surface area (Å²) in [7, 11) is 0. The van der Waals surface area contributed by atoms with Gasteiger partial charge in [-0.05, 0) is 6.07 Å². The molecule has 0 N–H and O–H groups in total. The summed E-state index contributed by atoms with van der Waals surface area (Å²) in [4.78, 5) is 2.73. The normalized spacial score (nSPS) is 12.2. The Labute approximate surface area is 82.1 Å². The zero-order chi connectivity index (χ0) is 9.14. The van der Waals surface area contributed by atoms with Gasteiger partial charge in [0.15, 0.2) is 0 Å². The summed E-state index contributed by atoms with van der Waals surface area (Å²) in [6.45, 7) is 0. The Bertz CT molecular complexity index is 337. The molecule has 0 saturated heterocycles. The van der Waals surface area contributed by atoms with Crippen molar-refractivity contribution < 1.29 is 4.39 Å². The van der Waals surface area contributed by atoms with Crippen LogP contribution in [0.2, 0.25) is 5.02 Å². The number of aromatic nitrogens is 1. The van der Waals surface area contributed by atoms with Crippen molar-refractivity contribution >= 4 is 27.5 Å². The first kappa shape index (κ1) is 9.43. The van der Waals surface area contributed by atoms with Gasteiger partial charge in [0.1, 0.15) is 9.85 Å². The largest absolute Gasteiger partial charge is 0.231 e. The second-order valence-corrected chi connectivity index (χ2v) is 3.29. The third kappa shape index (κ3) is 1.74. The van der Waals surface area contributed by atoms with Crippen molar-refractivity contribution in [2.24, 2.45) is 0 Å². The number of hydrogen-bond acceptors (Lipinski definition) is 2. The smallest absolute Gasteiger partial charge is 0.227 e. The predicted octanol–water partition coefficient (Wildman–Crippen LogP) is 2.83. The van der Waals surface area contributed by atoms with E-state index in [-0.39, 0.29) is 5.02 Å². The number of rotatable bonds is 1. The van der Waals surface area contributed by atoms with Crippen LogP contribution in [-0.4, -0.2) is 4.98 Å². The van der Waals surface area contributed by atoms with Crippen molar-refractivity contribution in [3.05, 3.63) is 28.8 Å². The van der Waals surface area contributed by atoms with Crippen LogP contribution >= 0.6 is 27.5 Å². The highest BCUT2D eigenvalue weighted by Gasteiger charge is 2.13. The van der Waals surface area contributed by atoms with Crippen LogP contribution in [0.1, 0.15) is 10.4 Å². The summed E-state index contributed by atoms with van der Waals surface area (Å²) >= 11 is 8.58. The maximum absolute atomic E-state index is 12.7. The molecule has 0 aromatic carbocycles. The van der Waals surface area contributed by atoms with Crippen molar-refractivity contribution in [1.29, 1.82) is 5.26 Å². The Hall–Kier alpha value is -0.660. The van der Waals surface area contributed by atoms with Gasteiger partial charge in [-0.2, -0.15) is 9.65 Å². The highest BCUT2D eigenvalue weighted by molar-refractivity contribution is 9.09. The zero-order valence-electron chi connectivity index (χ0n) is 5.76. The van der Waals surface area contributed by atoms with Crippen LogP contribution in [0.3, 0.4) is 0 Å². The number of nitriles is 1.